The summed E-state index contributed by atoms with van der Waals surface area (Å²) in [6, 6.07) is 26.3. The van der Waals surface area contributed by atoms with Gasteiger partial charge in [-0.25, -0.2) is 0 Å². The number of aromatic nitrogens is 1. The van der Waals surface area contributed by atoms with E-state index in [1.54, 1.807) is 0 Å². The Balaban J connectivity index is 1.49. The zero-order valence-corrected chi connectivity index (χ0v) is 16.0. The van der Waals surface area contributed by atoms with Gasteiger partial charge in [-0.05, 0) is 65.6 Å². The van der Waals surface area contributed by atoms with Crippen LogP contribution in [0, 0.1) is 6.92 Å². The molecule has 0 saturated carbocycles. The first-order chi connectivity index (χ1) is 13.6. The van der Waals surface area contributed by atoms with Gasteiger partial charge in [-0.3, -0.25) is 9.78 Å². The van der Waals surface area contributed by atoms with Crippen molar-refractivity contribution in [1.82, 2.24) is 4.98 Å². The topological polar surface area (TPSA) is 42.0 Å². The van der Waals surface area contributed by atoms with Crippen molar-refractivity contribution in [1.29, 1.82) is 0 Å². The van der Waals surface area contributed by atoms with Crippen molar-refractivity contribution in [3.63, 3.8) is 0 Å². The maximum atomic E-state index is 12.7. The number of hydrogen-bond donors (Lipinski definition) is 1. The molecule has 3 heteroatoms. The minimum absolute atomic E-state index is 0.0113. The fourth-order valence-corrected chi connectivity index (χ4v) is 3.35. The molecule has 1 amide bonds. The highest BCUT2D eigenvalue weighted by Crippen LogP contribution is 2.25. The molecule has 0 aliphatic heterocycles. The predicted octanol–water partition coefficient (Wildman–Crippen LogP) is 5.95. The van der Waals surface area contributed by atoms with Gasteiger partial charge in [-0.2, -0.15) is 0 Å². The Morgan fingerprint density at radius 2 is 1.61 bits per heavy atom. The molecule has 1 unspecified atom stereocenters. The number of pyridine rings is 1. The van der Waals surface area contributed by atoms with Crippen LogP contribution in [0.15, 0.2) is 85.1 Å². The highest BCUT2D eigenvalue weighted by Gasteiger charge is 2.15. The van der Waals surface area contributed by atoms with Gasteiger partial charge in [0.1, 0.15) is 0 Å². The Labute approximate surface area is 165 Å². The number of nitrogens with one attached hydrogen (secondary N) is 1. The molecule has 1 N–H and O–H groups in total. The van der Waals surface area contributed by atoms with E-state index in [2.05, 4.69) is 40.6 Å². The maximum Gasteiger partial charge on any atom is 0.231 e. The van der Waals surface area contributed by atoms with Gasteiger partial charge in [0.2, 0.25) is 5.91 Å². The third-order valence-electron chi connectivity index (χ3n) is 5.05. The standard InChI is InChI=1S/C25H22N2O/c1-17-15-23(13-14-26-17)20-9-11-24(12-10-20)27-25(28)18(2)21-8-7-19-5-3-4-6-22(19)16-21/h3-16,18H,1-2H3,(H,27,28). The Morgan fingerprint density at radius 1 is 0.857 bits per heavy atom. The molecular weight excluding hydrogens is 344 g/mol. The van der Waals surface area contributed by atoms with E-state index in [1.807, 2.05) is 68.6 Å². The minimum Gasteiger partial charge on any atom is -0.326 e. The molecule has 1 aromatic heterocycles. The second-order valence-corrected chi connectivity index (χ2v) is 7.08. The van der Waals surface area contributed by atoms with Crippen LogP contribution in [0.1, 0.15) is 24.1 Å². The summed E-state index contributed by atoms with van der Waals surface area (Å²) in [5.74, 6) is -0.241. The summed E-state index contributed by atoms with van der Waals surface area (Å²) in [5.41, 5.74) is 5.02. The van der Waals surface area contributed by atoms with E-state index < -0.39 is 0 Å². The van der Waals surface area contributed by atoms with Crippen LogP contribution in [0.5, 0.6) is 0 Å². The first-order valence-corrected chi connectivity index (χ1v) is 9.43. The van der Waals surface area contributed by atoms with Gasteiger partial charge >= 0.3 is 0 Å². The molecule has 0 radical (unpaired) electrons. The highest BCUT2D eigenvalue weighted by molar-refractivity contribution is 5.96. The van der Waals surface area contributed by atoms with Crippen molar-refractivity contribution in [2.45, 2.75) is 19.8 Å². The molecule has 0 fully saturated rings. The fourth-order valence-electron chi connectivity index (χ4n) is 3.35. The van der Waals surface area contributed by atoms with Crippen molar-refractivity contribution < 1.29 is 4.79 Å². The minimum atomic E-state index is -0.230. The summed E-state index contributed by atoms with van der Waals surface area (Å²) >= 11 is 0. The quantitative estimate of drug-likeness (QED) is 0.485. The summed E-state index contributed by atoms with van der Waals surface area (Å²) < 4.78 is 0. The Hall–Kier alpha value is -3.46. The molecule has 28 heavy (non-hydrogen) atoms. The molecular formula is C25H22N2O. The molecule has 3 nitrogen and oxygen atoms in total. The monoisotopic (exact) mass is 366 g/mol. The lowest BCUT2D eigenvalue weighted by atomic mass is 9.97. The predicted molar refractivity (Wildman–Crippen MR) is 115 cm³/mol. The number of benzene rings is 3. The largest absolute Gasteiger partial charge is 0.326 e. The van der Waals surface area contributed by atoms with Crippen LogP contribution in [0.2, 0.25) is 0 Å². The number of anilines is 1. The van der Waals surface area contributed by atoms with Crippen LogP contribution >= 0.6 is 0 Å². The SMILES string of the molecule is Cc1cc(-c2ccc(NC(=O)C(C)c3ccc4ccccc4c3)cc2)ccn1. The molecule has 1 heterocycles. The van der Waals surface area contributed by atoms with Crippen LogP contribution in [-0.4, -0.2) is 10.9 Å². The van der Waals surface area contributed by atoms with Crippen molar-refractivity contribution in [3.05, 3.63) is 96.3 Å². The number of carbonyl (C=O) groups excluding carboxylic acids is 1. The molecule has 4 rings (SSSR count). The first-order valence-electron chi connectivity index (χ1n) is 9.43. The summed E-state index contributed by atoms with van der Waals surface area (Å²) in [7, 11) is 0. The van der Waals surface area contributed by atoms with Gasteiger partial charge in [-0.1, -0.05) is 54.6 Å². The van der Waals surface area contributed by atoms with Gasteiger partial charge in [0, 0.05) is 17.6 Å². The van der Waals surface area contributed by atoms with Crippen molar-refractivity contribution in [2.24, 2.45) is 0 Å². The lowest BCUT2D eigenvalue weighted by molar-refractivity contribution is -0.117. The Bertz CT molecular complexity index is 1130. The van der Waals surface area contributed by atoms with Crippen LogP contribution in [-0.2, 0) is 4.79 Å². The lowest BCUT2D eigenvalue weighted by Gasteiger charge is -2.14. The second-order valence-electron chi connectivity index (χ2n) is 7.08. The van der Waals surface area contributed by atoms with E-state index in [9.17, 15) is 4.79 Å². The molecule has 0 aliphatic carbocycles. The van der Waals surface area contributed by atoms with E-state index in [-0.39, 0.29) is 11.8 Å². The van der Waals surface area contributed by atoms with Gasteiger partial charge in [0.25, 0.3) is 0 Å². The Morgan fingerprint density at radius 3 is 2.36 bits per heavy atom. The van der Waals surface area contributed by atoms with Crippen molar-refractivity contribution in [3.8, 4) is 11.1 Å². The van der Waals surface area contributed by atoms with E-state index in [1.165, 1.54) is 5.39 Å². The van der Waals surface area contributed by atoms with Gasteiger partial charge in [0.05, 0.1) is 5.92 Å². The van der Waals surface area contributed by atoms with Crippen LogP contribution < -0.4 is 5.32 Å². The van der Waals surface area contributed by atoms with E-state index in [4.69, 9.17) is 0 Å². The van der Waals surface area contributed by atoms with Crippen LogP contribution in [0.4, 0.5) is 5.69 Å². The average molecular weight is 366 g/mol. The number of hydrogen-bond acceptors (Lipinski definition) is 2. The maximum absolute atomic E-state index is 12.7. The van der Waals surface area contributed by atoms with E-state index >= 15 is 0 Å². The molecule has 0 saturated heterocycles. The number of fused-ring (bicyclic) bond motifs is 1. The summed E-state index contributed by atoms with van der Waals surface area (Å²) in [6.45, 7) is 3.92. The summed E-state index contributed by atoms with van der Waals surface area (Å²) in [5, 5.41) is 5.36. The molecule has 138 valence electrons. The molecule has 4 aromatic rings. The van der Waals surface area contributed by atoms with Crippen molar-refractivity contribution >= 4 is 22.4 Å². The molecule has 0 spiro atoms. The molecule has 0 aliphatic rings. The third-order valence-corrected chi connectivity index (χ3v) is 5.05. The zero-order chi connectivity index (χ0) is 19.5. The molecule has 3 aromatic carbocycles. The average Bonchev–Trinajstić information content (AvgIpc) is 2.73. The molecule has 0 bridgehead atoms. The number of carbonyl (C=O) groups is 1. The van der Waals surface area contributed by atoms with Gasteiger partial charge < -0.3 is 5.32 Å². The van der Waals surface area contributed by atoms with E-state index in [0.29, 0.717) is 0 Å². The first kappa shape index (κ1) is 17.9. The fraction of sp³-hybridized carbons (Fsp3) is 0.120. The summed E-state index contributed by atoms with van der Waals surface area (Å²) in [6.07, 6.45) is 1.81. The van der Waals surface area contributed by atoms with Gasteiger partial charge in [0.15, 0.2) is 0 Å². The molecule has 1 atom stereocenters. The number of aryl methyl sites for hydroxylation is 1. The number of nitrogens with zero attached hydrogens (tertiary/aromatic N) is 1. The third kappa shape index (κ3) is 3.79. The van der Waals surface area contributed by atoms with Gasteiger partial charge in [-0.15, -0.1) is 0 Å². The van der Waals surface area contributed by atoms with Crippen molar-refractivity contribution in [2.75, 3.05) is 5.32 Å². The van der Waals surface area contributed by atoms with Crippen LogP contribution in [0.3, 0.4) is 0 Å². The highest BCUT2D eigenvalue weighted by atomic mass is 16.1. The zero-order valence-electron chi connectivity index (χ0n) is 16.0. The smallest absolute Gasteiger partial charge is 0.231 e. The summed E-state index contributed by atoms with van der Waals surface area (Å²) in [4.78, 5) is 17.0. The Kier molecular flexibility index (Phi) is 4.90. The number of amides is 1. The normalized spacial score (nSPS) is 11.9. The van der Waals surface area contributed by atoms with Crippen LogP contribution in [0.25, 0.3) is 21.9 Å². The number of rotatable bonds is 4. The van der Waals surface area contributed by atoms with E-state index in [0.717, 1.165) is 33.5 Å². The second kappa shape index (κ2) is 7.65. The lowest BCUT2D eigenvalue weighted by Crippen LogP contribution is -2.18.